The van der Waals surface area contributed by atoms with E-state index in [1.54, 1.807) is 4.90 Å². The fourth-order valence-corrected chi connectivity index (χ4v) is 3.64. The van der Waals surface area contributed by atoms with E-state index in [0.29, 0.717) is 36.7 Å². The summed E-state index contributed by atoms with van der Waals surface area (Å²) in [6, 6.07) is 3.28. The van der Waals surface area contributed by atoms with Crippen LogP contribution in [-0.2, 0) is 6.18 Å². The van der Waals surface area contributed by atoms with Crippen LogP contribution in [0.4, 0.5) is 28.9 Å². The van der Waals surface area contributed by atoms with Gasteiger partial charge in [-0.1, -0.05) is 27.5 Å². The molecule has 2 aromatic rings. The van der Waals surface area contributed by atoms with E-state index in [9.17, 15) is 22.4 Å². The van der Waals surface area contributed by atoms with Crippen molar-refractivity contribution in [1.29, 1.82) is 0 Å². The third-order valence-corrected chi connectivity index (χ3v) is 5.18. The largest absolute Gasteiger partial charge is 0.417 e. The first-order valence-corrected chi connectivity index (χ1v) is 9.70. The molecule has 1 aromatic heterocycles. The highest BCUT2D eigenvalue weighted by Gasteiger charge is 2.36. The Labute approximate surface area is 177 Å². The van der Waals surface area contributed by atoms with Crippen LogP contribution in [0.5, 0.6) is 0 Å². The molecule has 0 spiro atoms. The van der Waals surface area contributed by atoms with Gasteiger partial charge in [-0.05, 0) is 25.2 Å². The van der Waals surface area contributed by atoms with Crippen LogP contribution in [0, 0.1) is 5.82 Å². The Hall–Kier alpha value is -1.91. The predicted octanol–water partition coefficient (Wildman–Crippen LogP) is 4.66. The lowest BCUT2D eigenvalue weighted by Gasteiger charge is -2.35. The van der Waals surface area contributed by atoms with Crippen molar-refractivity contribution in [2.24, 2.45) is 0 Å². The van der Waals surface area contributed by atoms with E-state index in [1.807, 2.05) is 7.05 Å². The summed E-state index contributed by atoms with van der Waals surface area (Å²) in [6.07, 6.45) is -4.05. The number of carbonyl (C=O) groups excluding carboxylic acids is 1. The second-order valence-corrected chi connectivity index (χ2v) is 7.88. The maximum atomic E-state index is 14.7. The van der Waals surface area contributed by atoms with E-state index in [4.69, 9.17) is 11.6 Å². The minimum atomic E-state index is -4.80. The quantitative estimate of drug-likeness (QED) is 0.497. The molecular formula is C18H16BrClF4N4O. The number of hydrogen-bond acceptors (Lipinski definition) is 4. The highest BCUT2D eigenvalue weighted by molar-refractivity contribution is 9.10. The highest BCUT2D eigenvalue weighted by Crippen LogP contribution is 2.36. The number of rotatable bonds is 3. The summed E-state index contributed by atoms with van der Waals surface area (Å²) in [6.45, 7) is 2.38. The van der Waals surface area contributed by atoms with E-state index in [1.165, 1.54) is 12.1 Å². The summed E-state index contributed by atoms with van der Waals surface area (Å²) < 4.78 is 55.0. The SMILES string of the molecule is CN1CCN(c2c(F)cc(Br)cc2NC(=O)c2cnc(Cl)cc2C(F)(F)F)CC1. The van der Waals surface area contributed by atoms with E-state index in [0.717, 1.165) is 6.20 Å². The first-order valence-electron chi connectivity index (χ1n) is 8.53. The van der Waals surface area contributed by atoms with Crippen LogP contribution in [0.15, 0.2) is 28.9 Å². The Morgan fingerprint density at radius 2 is 1.86 bits per heavy atom. The van der Waals surface area contributed by atoms with Gasteiger partial charge in [-0.25, -0.2) is 9.37 Å². The summed E-state index contributed by atoms with van der Waals surface area (Å²) in [4.78, 5) is 20.0. The van der Waals surface area contributed by atoms with E-state index in [2.05, 4.69) is 31.1 Å². The summed E-state index contributed by atoms with van der Waals surface area (Å²) in [5.41, 5.74) is -1.72. The van der Waals surface area contributed by atoms with Gasteiger partial charge in [0.15, 0.2) is 0 Å². The second kappa shape index (κ2) is 8.45. The van der Waals surface area contributed by atoms with Gasteiger partial charge >= 0.3 is 6.18 Å². The monoisotopic (exact) mass is 494 g/mol. The molecule has 1 saturated heterocycles. The Bertz CT molecular complexity index is 933. The fourth-order valence-electron chi connectivity index (χ4n) is 3.05. The number of piperazine rings is 1. The number of nitrogens with zero attached hydrogens (tertiary/aromatic N) is 3. The lowest BCUT2D eigenvalue weighted by atomic mass is 10.1. The summed E-state index contributed by atoms with van der Waals surface area (Å²) >= 11 is 8.71. The average Bonchev–Trinajstić information content (AvgIpc) is 2.61. The average molecular weight is 496 g/mol. The normalized spacial score (nSPS) is 15.5. The van der Waals surface area contributed by atoms with Crippen molar-refractivity contribution in [3.05, 3.63) is 51.0 Å². The number of likely N-dealkylation sites (N-methyl/N-ethyl adjacent to an activating group) is 1. The minimum absolute atomic E-state index is 0.0644. The smallest absolute Gasteiger partial charge is 0.365 e. The molecule has 29 heavy (non-hydrogen) atoms. The number of alkyl halides is 3. The number of anilines is 2. The molecule has 1 aliphatic rings. The molecule has 1 N–H and O–H groups in total. The molecule has 0 unspecified atom stereocenters. The van der Waals surface area contributed by atoms with Gasteiger partial charge in [-0.15, -0.1) is 0 Å². The van der Waals surface area contributed by atoms with Crippen LogP contribution in [0.1, 0.15) is 15.9 Å². The van der Waals surface area contributed by atoms with Crippen molar-refractivity contribution in [1.82, 2.24) is 9.88 Å². The molecule has 5 nitrogen and oxygen atoms in total. The van der Waals surface area contributed by atoms with Gasteiger partial charge < -0.3 is 15.1 Å². The Kier molecular flexibility index (Phi) is 6.35. The standard InChI is InChI=1S/C18H16BrClF4N4O/c1-27-2-4-28(5-3-27)16-13(21)6-10(19)7-14(16)26-17(29)11-9-25-15(20)8-12(11)18(22,23)24/h6-9H,2-5H2,1H3,(H,26,29). The lowest BCUT2D eigenvalue weighted by Crippen LogP contribution is -2.45. The molecule has 1 aliphatic heterocycles. The zero-order chi connectivity index (χ0) is 21.3. The van der Waals surface area contributed by atoms with Gasteiger partial charge in [0.25, 0.3) is 5.91 Å². The zero-order valence-corrected chi connectivity index (χ0v) is 17.5. The van der Waals surface area contributed by atoms with E-state index in [-0.39, 0.29) is 16.5 Å². The van der Waals surface area contributed by atoms with Crippen LogP contribution >= 0.6 is 27.5 Å². The second-order valence-electron chi connectivity index (χ2n) is 6.58. The number of benzene rings is 1. The molecular weight excluding hydrogens is 480 g/mol. The molecule has 1 amide bonds. The van der Waals surface area contributed by atoms with Gasteiger partial charge in [0.1, 0.15) is 11.0 Å². The van der Waals surface area contributed by atoms with E-state index < -0.39 is 29.0 Å². The molecule has 0 radical (unpaired) electrons. The highest BCUT2D eigenvalue weighted by atomic mass is 79.9. The summed E-state index contributed by atoms with van der Waals surface area (Å²) in [5.74, 6) is -1.65. The topological polar surface area (TPSA) is 48.5 Å². The molecule has 1 fully saturated rings. The van der Waals surface area contributed by atoms with Crippen LogP contribution in [-0.4, -0.2) is 49.0 Å². The molecule has 1 aromatic carbocycles. The number of halogens is 6. The van der Waals surface area contributed by atoms with Crippen molar-refractivity contribution in [3.8, 4) is 0 Å². The van der Waals surface area contributed by atoms with Crippen LogP contribution in [0.2, 0.25) is 5.15 Å². The molecule has 11 heteroatoms. The van der Waals surface area contributed by atoms with Crippen LogP contribution in [0.3, 0.4) is 0 Å². The molecule has 2 heterocycles. The summed E-state index contributed by atoms with van der Waals surface area (Å²) in [7, 11) is 1.93. The minimum Gasteiger partial charge on any atom is -0.365 e. The number of amides is 1. The lowest BCUT2D eigenvalue weighted by molar-refractivity contribution is -0.137. The molecule has 0 atom stereocenters. The Balaban J connectivity index is 1.98. The van der Waals surface area contributed by atoms with Gasteiger partial charge in [0.2, 0.25) is 0 Å². The van der Waals surface area contributed by atoms with Crippen molar-refractivity contribution in [2.45, 2.75) is 6.18 Å². The molecule has 156 valence electrons. The van der Waals surface area contributed by atoms with Crippen molar-refractivity contribution in [2.75, 3.05) is 43.4 Å². The fraction of sp³-hybridized carbons (Fsp3) is 0.333. The Morgan fingerprint density at radius 3 is 2.48 bits per heavy atom. The molecule has 3 rings (SSSR count). The van der Waals surface area contributed by atoms with E-state index >= 15 is 0 Å². The zero-order valence-electron chi connectivity index (χ0n) is 15.2. The Morgan fingerprint density at radius 1 is 1.21 bits per heavy atom. The number of carbonyl (C=O) groups is 1. The van der Waals surface area contributed by atoms with Crippen LogP contribution < -0.4 is 10.2 Å². The number of nitrogens with one attached hydrogen (secondary N) is 1. The van der Waals surface area contributed by atoms with Crippen molar-refractivity contribution in [3.63, 3.8) is 0 Å². The van der Waals surface area contributed by atoms with Crippen molar-refractivity contribution >= 4 is 44.8 Å². The van der Waals surface area contributed by atoms with Crippen molar-refractivity contribution < 1.29 is 22.4 Å². The first-order chi connectivity index (χ1) is 13.6. The van der Waals surface area contributed by atoms with Gasteiger partial charge in [-0.2, -0.15) is 13.2 Å². The van der Waals surface area contributed by atoms with Crippen LogP contribution in [0.25, 0.3) is 0 Å². The maximum absolute atomic E-state index is 14.7. The first kappa shape index (κ1) is 21.8. The summed E-state index contributed by atoms with van der Waals surface area (Å²) in [5, 5.41) is 2.01. The molecule has 0 aliphatic carbocycles. The predicted molar refractivity (Wildman–Crippen MR) is 106 cm³/mol. The number of pyridine rings is 1. The third-order valence-electron chi connectivity index (χ3n) is 4.52. The third kappa shape index (κ3) is 4.99. The number of aromatic nitrogens is 1. The maximum Gasteiger partial charge on any atom is 0.417 e. The number of hydrogen-bond donors (Lipinski definition) is 1. The molecule has 0 bridgehead atoms. The van der Waals surface area contributed by atoms with Gasteiger partial charge in [-0.3, -0.25) is 4.79 Å². The van der Waals surface area contributed by atoms with Gasteiger partial charge in [0.05, 0.1) is 22.5 Å². The molecule has 0 saturated carbocycles. The van der Waals surface area contributed by atoms with Gasteiger partial charge in [0, 0.05) is 36.8 Å².